The molecule has 0 spiro atoms. The van der Waals surface area contributed by atoms with Gasteiger partial charge in [-0.25, -0.2) is 0 Å². The van der Waals surface area contributed by atoms with Crippen molar-refractivity contribution in [3.05, 3.63) is 34.9 Å². The highest BCUT2D eigenvalue weighted by Crippen LogP contribution is 2.36. The Labute approximate surface area is 91.2 Å². The molecule has 0 aliphatic carbocycles. The molecule has 1 aromatic rings. The first-order chi connectivity index (χ1) is 7.66. The number of rotatable bonds is 1. The van der Waals surface area contributed by atoms with E-state index in [2.05, 4.69) is 5.16 Å². The van der Waals surface area contributed by atoms with Crippen LogP contribution in [0.2, 0.25) is 0 Å². The molecule has 0 heterocycles. The van der Waals surface area contributed by atoms with Crippen LogP contribution in [0.4, 0.5) is 26.3 Å². The minimum atomic E-state index is -4.96. The van der Waals surface area contributed by atoms with E-state index in [0.29, 0.717) is 18.3 Å². The van der Waals surface area contributed by atoms with E-state index < -0.39 is 29.0 Å². The van der Waals surface area contributed by atoms with E-state index in [0.717, 1.165) is 0 Å². The molecular weight excluding hydrogens is 252 g/mol. The summed E-state index contributed by atoms with van der Waals surface area (Å²) in [6.07, 6.45) is -9.41. The average Bonchev–Trinajstić information content (AvgIpc) is 2.15. The fraction of sp³-hybridized carbons (Fsp3) is 0.222. The molecular formula is C9H5F6NO. The van der Waals surface area contributed by atoms with Crippen LogP contribution in [0.25, 0.3) is 0 Å². The van der Waals surface area contributed by atoms with Crippen LogP contribution >= 0.6 is 0 Å². The molecule has 0 amide bonds. The van der Waals surface area contributed by atoms with Crippen LogP contribution in [0.1, 0.15) is 16.7 Å². The van der Waals surface area contributed by atoms with Gasteiger partial charge in [-0.1, -0.05) is 11.2 Å². The van der Waals surface area contributed by atoms with Crippen molar-refractivity contribution in [2.45, 2.75) is 12.4 Å². The number of hydrogen-bond acceptors (Lipinski definition) is 2. The zero-order valence-electron chi connectivity index (χ0n) is 7.97. The molecule has 17 heavy (non-hydrogen) atoms. The Bertz CT molecular complexity index is 434. The van der Waals surface area contributed by atoms with E-state index >= 15 is 0 Å². The molecule has 0 aromatic heterocycles. The molecule has 2 nitrogen and oxygen atoms in total. The Balaban J connectivity index is 3.40. The van der Waals surface area contributed by atoms with Gasteiger partial charge in [0.05, 0.1) is 17.3 Å². The summed E-state index contributed by atoms with van der Waals surface area (Å²) in [5.74, 6) is 0. The quantitative estimate of drug-likeness (QED) is 0.355. The maximum absolute atomic E-state index is 12.4. The van der Waals surface area contributed by atoms with Gasteiger partial charge >= 0.3 is 12.4 Å². The van der Waals surface area contributed by atoms with E-state index in [-0.39, 0.29) is 6.07 Å². The summed E-state index contributed by atoms with van der Waals surface area (Å²) < 4.78 is 74.0. The van der Waals surface area contributed by atoms with Crippen molar-refractivity contribution in [1.29, 1.82) is 0 Å². The van der Waals surface area contributed by atoms with E-state index in [1.807, 2.05) is 0 Å². The third-order valence-electron chi connectivity index (χ3n) is 1.88. The lowest BCUT2D eigenvalue weighted by atomic mass is 10.0. The molecule has 8 heteroatoms. The number of halogens is 6. The van der Waals surface area contributed by atoms with Gasteiger partial charge in [0.2, 0.25) is 0 Å². The Morgan fingerprint density at radius 3 is 2.00 bits per heavy atom. The highest BCUT2D eigenvalue weighted by Gasteiger charge is 2.37. The summed E-state index contributed by atoms with van der Waals surface area (Å²) in [7, 11) is 0. The smallest absolute Gasteiger partial charge is 0.411 e. The van der Waals surface area contributed by atoms with Gasteiger partial charge in [-0.2, -0.15) is 26.3 Å². The molecule has 0 unspecified atom stereocenters. The Morgan fingerprint density at radius 2 is 1.59 bits per heavy atom. The molecule has 0 aliphatic rings. The summed E-state index contributed by atoms with van der Waals surface area (Å²) >= 11 is 0. The van der Waals surface area contributed by atoms with E-state index in [4.69, 9.17) is 5.21 Å². The molecule has 94 valence electrons. The fourth-order valence-corrected chi connectivity index (χ4v) is 1.15. The first-order valence-corrected chi connectivity index (χ1v) is 4.12. The van der Waals surface area contributed by atoms with Crippen molar-refractivity contribution in [1.82, 2.24) is 0 Å². The second-order valence-electron chi connectivity index (χ2n) is 3.04. The Morgan fingerprint density at radius 1 is 1.00 bits per heavy atom. The lowest BCUT2D eigenvalue weighted by Crippen LogP contribution is -2.13. The van der Waals surface area contributed by atoms with Gasteiger partial charge in [-0.15, -0.1) is 0 Å². The standard InChI is InChI=1S/C9H5F6NO/c10-8(11,12)6-2-1-5(4-16-17)7(3-6)9(13,14)15/h1-4,17H/b16-4+. The third-order valence-corrected chi connectivity index (χ3v) is 1.88. The maximum atomic E-state index is 12.4. The molecule has 0 atom stereocenters. The lowest BCUT2D eigenvalue weighted by Gasteiger charge is -2.13. The van der Waals surface area contributed by atoms with Crippen molar-refractivity contribution >= 4 is 6.21 Å². The van der Waals surface area contributed by atoms with Crippen molar-refractivity contribution in [3.63, 3.8) is 0 Å². The van der Waals surface area contributed by atoms with Gasteiger partial charge in [0.1, 0.15) is 0 Å². The minimum absolute atomic E-state index is 0.0307. The van der Waals surface area contributed by atoms with Crippen molar-refractivity contribution in [2.24, 2.45) is 5.16 Å². The van der Waals surface area contributed by atoms with Gasteiger partial charge in [0.15, 0.2) is 0 Å². The van der Waals surface area contributed by atoms with Gasteiger partial charge in [0, 0.05) is 5.56 Å². The van der Waals surface area contributed by atoms with Gasteiger partial charge in [0.25, 0.3) is 0 Å². The first kappa shape index (κ1) is 13.3. The van der Waals surface area contributed by atoms with Crippen LogP contribution < -0.4 is 0 Å². The molecule has 0 radical (unpaired) electrons. The second-order valence-corrected chi connectivity index (χ2v) is 3.04. The zero-order valence-corrected chi connectivity index (χ0v) is 7.97. The highest BCUT2D eigenvalue weighted by atomic mass is 19.4. The van der Waals surface area contributed by atoms with Crippen LogP contribution in [-0.2, 0) is 12.4 Å². The predicted molar refractivity (Wildman–Crippen MR) is 45.8 cm³/mol. The highest BCUT2D eigenvalue weighted by molar-refractivity contribution is 5.81. The monoisotopic (exact) mass is 257 g/mol. The number of nitrogens with zero attached hydrogens (tertiary/aromatic N) is 1. The zero-order chi connectivity index (χ0) is 13.3. The molecule has 1 N–H and O–H groups in total. The lowest BCUT2D eigenvalue weighted by molar-refractivity contribution is -0.143. The topological polar surface area (TPSA) is 32.6 Å². The Kier molecular flexibility index (Phi) is 3.35. The minimum Gasteiger partial charge on any atom is -0.411 e. The van der Waals surface area contributed by atoms with Crippen LogP contribution in [0.3, 0.4) is 0 Å². The van der Waals surface area contributed by atoms with Crippen LogP contribution in [0.15, 0.2) is 23.4 Å². The predicted octanol–water partition coefficient (Wildman–Crippen LogP) is 3.53. The fourth-order valence-electron chi connectivity index (χ4n) is 1.15. The summed E-state index contributed by atoms with van der Waals surface area (Å²) in [4.78, 5) is 0. The van der Waals surface area contributed by atoms with Gasteiger partial charge in [-0.3, -0.25) is 0 Å². The molecule has 0 aliphatic heterocycles. The van der Waals surface area contributed by atoms with E-state index in [1.165, 1.54) is 0 Å². The maximum Gasteiger partial charge on any atom is 0.417 e. The summed E-state index contributed by atoms with van der Waals surface area (Å²) in [5.41, 5.74) is -3.57. The summed E-state index contributed by atoms with van der Waals surface area (Å²) in [5, 5.41) is 10.5. The second kappa shape index (κ2) is 4.27. The van der Waals surface area contributed by atoms with Crippen LogP contribution in [0, 0.1) is 0 Å². The number of alkyl halides is 6. The van der Waals surface area contributed by atoms with Gasteiger partial charge < -0.3 is 5.21 Å². The van der Waals surface area contributed by atoms with Crippen LogP contribution in [-0.4, -0.2) is 11.4 Å². The Hall–Kier alpha value is -1.73. The summed E-state index contributed by atoms with van der Waals surface area (Å²) in [6.45, 7) is 0. The van der Waals surface area contributed by atoms with Gasteiger partial charge in [-0.05, 0) is 12.1 Å². The number of hydrogen-bond donors (Lipinski definition) is 1. The normalized spacial score (nSPS) is 13.3. The van der Waals surface area contributed by atoms with Crippen molar-refractivity contribution < 1.29 is 31.5 Å². The van der Waals surface area contributed by atoms with Crippen molar-refractivity contribution in [3.8, 4) is 0 Å². The average molecular weight is 257 g/mol. The molecule has 0 saturated heterocycles. The summed E-state index contributed by atoms with van der Waals surface area (Å²) in [6, 6.07) is 1.04. The number of oxime groups is 1. The van der Waals surface area contributed by atoms with E-state index in [1.54, 1.807) is 0 Å². The molecule has 0 saturated carbocycles. The SMILES string of the molecule is O/N=C/c1ccc(C(F)(F)F)cc1C(F)(F)F. The number of benzene rings is 1. The molecule has 1 rings (SSSR count). The molecule has 0 bridgehead atoms. The molecule has 1 aromatic carbocycles. The van der Waals surface area contributed by atoms with E-state index in [9.17, 15) is 26.3 Å². The molecule has 0 fully saturated rings. The van der Waals surface area contributed by atoms with Crippen LogP contribution in [0.5, 0.6) is 0 Å². The third kappa shape index (κ3) is 3.11. The first-order valence-electron chi connectivity index (χ1n) is 4.12. The van der Waals surface area contributed by atoms with Crippen molar-refractivity contribution in [2.75, 3.05) is 0 Å². The largest absolute Gasteiger partial charge is 0.417 e.